The fraction of sp³-hybridized carbons (Fsp3) is 0.435. The monoisotopic (exact) mass is 472 g/mol. The molecular formula is C23H29BrN4O2. The van der Waals surface area contributed by atoms with Crippen molar-refractivity contribution in [3.05, 3.63) is 51.9 Å². The van der Waals surface area contributed by atoms with Gasteiger partial charge in [0.15, 0.2) is 5.65 Å². The Morgan fingerprint density at radius 3 is 2.53 bits per heavy atom. The lowest BCUT2D eigenvalue weighted by Gasteiger charge is -2.20. The van der Waals surface area contributed by atoms with Crippen LogP contribution >= 0.6 is 15.9 Å². The number of pyridine rings is 1. The van der Waals surface area contributed by atoms with Crippen molar-refractivity contribution in [2.75, 3.05) is 5.32 Å². The third-order valence-electron chi connectivity index (χ3n) is 4.63. The summed E-state index contributed by atoms with van der Waals surface area (Å²) in [5, 5.41) is 2.81. The lowest BCUT2D eigenvalue weighted by molar-refractivity contribution is 0.0635. The Kier molecular flexibility index (Phi) is 6.81. The van der Waals surface area contributed by atoms with Crippen molar-refractivity contribution in [1.82, 2.24) is 14.5 Å². The van der Waals surface area contributed by atoms with E-state index in [-0.39, 0.29) is 0 Å². The summed E-state index contributed by atoms with van der Waals surface area (Å²) in [4.78, 5) is 21.8. The van der Waals surface area contributed by atoms with Gasteiger partial charge in [0.1, 0.15) is 16.9 Å². The molecule has 0 unspecified atom stereocenters. The number of nitrogens with one attached hydrogen (secondary N) is 1. The number of amides is 1. The van der Waals surface area contributed by atoms with Crippen LogP contribution in [-0.4, -0.2) is 26.2 Å². The summed E-state index contributed by atoms with van der Waals surface area (Å²) in [6, 6.07) is 10.2. The van der Waals surface area contributed by atoms with E-state index in [1.165, 1.54) is 5.56 Å². The number of carbonyl (C=O) groups is 1. The Morgan fingerprint density at radius 1 is 1.20 bits per heavy atom. The van der Waals surface area contributed by atoms with Crippen LogP contribution in [0.25, 0.3) is 11.2 Å². The Morgan fingerprint density at radius 2 is 1.90 bits per heavy atom. The minimum atomic E-state index is -0.560. The highest BCUT2D eigenvalue weighted by atomic mass is 79.9. The zero-order valence-corrected chi connectivity index (χ0v) is 19.8. The number of aryl methyl sites for hydroxylation is 2. The molecule has 0 aliphatic heterocycles. The van der Waals surface area contributed by atoms with E-state index in [1.54, 1.807) is 0 Å². The normalized spacial score (nSPS) is 11.7. The van der Waals surface area contributed by atoms with Crippen molar-refractivity contribution in [2.24, 2.45) is 0 Å². The summed E-state index contributed by atoms with van der Waals surface area (Å²) >= 11 is 3.49. The molecular weight excluding hydrogens is 444 g/mol. The fourth-order valence-corrected chi connectivity index (χ4v) is 3.45. The van der Waals surface area contributed by atoms with E-state index < -0.39 is 11.7 Å². The van der Waals surface area contributed by atoms with Crippen molar-refractivity contribution in [3.8, 4) is 0 Å². The molecule has 0 spiro atoms. The van der Waals surface area contributed by atoms with Crippen LogP contribution in [0.4, 0.5) is 10.5 Å². The standard InChI is InChI=1S/C23H29BrN4O2/c1-6-7-8-20-26-19-13-18(27-22(29)30-23(3,4)5)15(2)25-21(19)28(20)14-16-9-11-17(24)12-10-16/h9-13H,6-8,14H2,1-5H3,(H,27,29). The molecule has 160 valence electrons. The molecule has 0 saturated carbocycles. The zero-order chi connectivity index (χ0) is 21.9. The highest BCUT2D eigenvalue weighted by molar-refractivity contribution is 9.10. The van der Waals surface area contributed by atoms with Crippen molar-refractivity contribution >= 4 is 38.9 Å². The number of unbranched alkanes of at least 4 members (excludes halogenated alkanes) is 1. The SMILES string of the molecule is CCCCc1nc2cc(NC(=O)OC(C)(C)C)c(C)nc2n1Cc1ccc(Br)cc1. The summed E-state index contributed by atoms with van der Waals surface area (Å²) in [6.45, 7) is 10.3. The fourth-order valence-electron chi connectivity index (χ4n) is 3.19. The minimum absolute atomic E-state index is 0.493. The molecule has 0 radical (unpaired) electrons. The molecule has 0 saturated heterocycles. The molecule has 3 aromatic rings. The van der Waals surface area contributed by atoms with Gasteiger partial charge < -0.3 is 9.30 Å². The molecule has 3 rings (SSSR count). The number of aromatic nitrogens is 3. The van der Waals surface area contributed by atoms with E-state index in [4.69, 9.17) is 14.7 Å². The van der Waals surface area contributed by atoms with E-state index in [0.29, 0.717) is 12.2 Å². The van der Waals surface area contributed by atoms with E-state index >= 15 is 0 Å². The number of carbonyl (C=O) groups excluding carboxylic acids is 1. The lowest BCUT2D eigenvalue weighted by Crippen LogP contribution is -2.27. The van der Waals surface area contributed by atoms with Gasteiger partial charge in [0.25, 0.3) is 0 Å². The zero-order valence-electron chi connectivity index (χ0n) is 18.3. The second kappa shape index (κ2) is 9.16. The van der Waals surface area contributed by atoms with Crippen LogP contribution in [0, 0.1) is 6.92 Å². The van der Waals surface area contributed by atoms with Crippen molar-refractivity contribution in [3.63, 3.8) is 0 Å². The molecule has 2 aromatic heterocycles. The van der Waals surface area contributed by atoms with E-state index in [0.717, 1.165) is 46.4 Å². The summed E-state index contributed by atoms with van der Waals surface area (Å²) in [5.41, 5.74) is 3.57. The van der Waals surface area contributed by atoms with Gasteiger partial charge in [-0.1, -0.05) is 41.4 Å². The molecule has 7 heteroatoms. The first-order valence-electron chi connectivity index (χ1n) is 10.3. The van der Waals surface area contributed by atoms with Crippen molar-refractivity contribution < 1.29 is 9.53 Å². The van der Waals surface area contributed by atoms with E-state index in [1.807, 2.05) is 45.9 Å². The number of ether oxygens (including phenoxy) is 1. The average molecular weight is 473 g/mol. The number of halogens is 1. The molecule has 0 fully saturated rings. The maximum atomic E-state index is 12.2. The Labute approximate surface area is 186 Å². The number of nitrogens with zero attached hydrogens (tertiary/aromatic N) is 3. The quantitative estimate of drug-likeness (QED) is 0.460. The molecule has 0 atom stereocenters. The maximum Gasteiger partial charge on any atom is 0.412 e. The molecule has 6 nitrogen and oxygen atoms in total. The Balaban J connectivity index is 1.97. The van der Waals surface area contributed by atoms with E-state index in [2.05, 4.69) is 44.9 Å². The van der Waals surface area contributed by atoms with Gasteiger partial charge >= 0.3 is 6.09 Å². The molecule has 2 heterocycles. The van der Waals surface area contributed by atoms with Crippen LogP contribution in [0.5, 0.6) is 0 Å². The first-order valence-corrected chi connectivity index (χ1v) is 11.1. The lowest BCUT2D eigenvalue weighted by atomic mass is 10.2. The number of rotatable bonds is 6. The molecule has 0 aliphatic carbocycles. The Bertz CT molecular complexity index is 1040. The number of fused-ring (bicyclic) bond motifs is 1. The maximum absolute atomic E-state index is 12.2. The van der Waals surface area contributed by atoms with Gasteiger partial charge in [0.05, 0.1) is 17.9 Å². The molecule has 1 N–H and O–H groups in total. The molecule has 30 heavy (non-hydrogen) atoms. The highest BCUT2D eigenvalue weighted by Gasteiger charge is 2.19. The first-order chi connectivity index (χ1) is 14.2. The third-order valence-corrected chi connectivity index (χ3v) is 5.16. The van der Waals surface area contributed by atoms with Crippen LogP contribution in [0.1, 0.15) is 57.6 Å². The van der Waals surface area contributed by atoms with Crippen LogP contribution in [0.2, 0.25) is 0 Å². The van der Waals surface area contributed by atoms with Gasteiger partial charge in [-0.05, 0) is 57.9 Å². The molecule has 0 aliphatic rings. The third kappa shape index (κ3) is 5.59. The molecule has 1 aromatic carbocycles. The van der Waals surface area contributed by atoms with Crippen LogP contribution in [0.3, 0.4) is 0 Å². The minimum Gasteiger partial charge on any atom is -0.444 e. The van der Waals surface area contributed by atoms with Gasteiger partial charge in [0, 0.05) is 10.9 Å². The molecule has 1 amide bonds. The number of hydrogen-bond donors (Lipinski definition) is 1. The summed E-state index contributed by atoms with van der Waals surface area (Å²) in [6.07, 6.45) is 2.55. The topological polar surface area (TPSA) is 69.0 Å². The van der Waals surface area contributed by atoms with Gasteiger partial charge in [-0.2, -0.15) is 0 Å². The van der Waals surface area contributed by atoms with Gasteiger partial charge in [-0.3, -0.25) is 5.32 Å². The number of benzene rings is 1. The molecule has 0 bridgehead atoms. The van der Waals surface area contributed by atoms with Crippen LogP contribution in [0.15, 0.2) is 34.8 Å². The second-order valence-corrected chi connectivity index (χ2v) is 9.35. The first kappa shape index (κ1) is 22.3. The van der Waals surface area contributed by atoms with Crippen molar-refractivity contribution in [2.45, 2.75) is 66.0 Å². The predicted octanol–water partition coefficient (Wildman–Crippen LogP) is 6.24. The van der Waals surface area contributed by atoms with E-state index in [9.17, 15) is 4.79 Å². The average Bonchev–Trinajstić information content (AvgIpc) is 2.97. The van der Waals surface area contributed by atoms with Crippen molar-refractivity contribution in [1.29, 1.82) is 0 Å². The summed E-state index contributed by atoms with van der Waals surface area (Å²) < 4.78 is 8.61. The van der Waals surface area contributed by atoms with Gasteiger partial charge in [-0.25, -0.2) is 14.8 Å². The number of hydrogen-bond acceptors (Lipinski definition) is 4. The van der Waals surface area contributed by atoms with Crippen LogP contribution < -0.4 is 5.32 Å². The smallest absolute Gasteiger partial charge is 0.412 e. The van der Waals surface area contributed by atoms with Crippen LogP contribution in [-0.2, 0) is 17.7 Å². The van der Waals surface area contributed by atoms with Gasteiger partial charge in [0.2, 0.25) is 0 Å². The summed E-state index contributed by atoms with van der Waals surface area (Å²) in [7, 11) is 0. The Hall–Kier alpha value is -2.41. The van der Waals surface area contributed by atoms with Gasteiger partial charge in [-0.15, -0.1) is 0 Å². The number of anilines is 1. The predicted molar refractivity (Wildman–Crippen MR) is 124 cm³/mol. The summed E-state index contributed by atoms with van der Waals surface area (Å²) in [5.74, 6) is 1.01. The largest absolute Gasteiger partial charge is 0.444 e. The number of imidazole rings is 1. The second-order valence-electron chi connectivity index (χ2n) is 8.44. The highest BCUT2D eigenvalue weighted by Crippen LogP contribution is 2.24.